The molecule has 4 heterocycles. The first-order valence-electron chi connectivity index (χ1n) is 9.06. The lowest BCUT2D eigenvalue weighted by molar-refractivity contribution is -0.000112. The van der Waals surface area contributed by atoms with Gasteiger partial charge < -0.3 is 18.8 Å². The Bertz CT molecular complexity index is 788. The van der Waals surface area contributed by atoms with Gasteiger partial charge in [0.15, 0.2) is 0 Å². The predicted octanol–water partition coefficient (Wildman–Crippen LogP) is 2.88. The van der Waals surface area contributed by atoms with Crippen molar-refractivity contribution in [1.82, 2.24) is 9.88 Å². The van der Waals surface area contributed by atoms with Crippen LogP contribution in [0.15, 0.2) is 34.9 Å². The van der Waals surface area contributed by atoms with Crippen molar-refractivity contribution in [2.75, 3.05) is 19.7 Å². The number of carbonyl (C=O) groups excluding carboxylic acids is 1. The van der Waals surface area contributed by atoms with Crippen molar-refractivity contribution in [2.24, 2.45) is 0 Å². The smallest absolute Gasteiger partial charge is 0.257 e. The third-order valence-electron chi connectivity index (χ3n) is 5.24. The fourth-order valence-corrected chi connectivity index (χ4v) is 3.91. The summed E-state index contributed by atoms with van der Waals surface area (Å²) in [5, 5.41) is 0. The Morgan fingerprint density at radius 2 is 2.31 bits per heavy atom. The number of carbonyl (C=O) groups is 1. The molecule has 2 aliphatic rings. The van der Waals surface area contributed by atoms with E-state index in [1.54, 1.807) is 6.20 Å². The molecule has 2 aromatic heterocycles. The first-order chi connectivity index (χ1) is 12.5. The molecule has 6 heteroatoms. The summed E-state index contributed by atoms with van der Waals surface area (Å²) < 4.78 is 17.6. The summed E-state index contributed by atoms with van der Waals surface area (Å²) in [4.78, 5) is 18.9. The maximum Gasteiger partial charge on any atom is 0.257 e. The van der Waals surface area contributed by atoms with Gasteiger partial charge in [-0.25, -0.2) is 0 Å². The molecule has 0 aromatic carbocycles. The maximum absolute atomic E-state index is 12.8. The molecule has 0 unspecified atom stereocenters. The van der Waals surface area contributed by atoms with Crippen molar-refractivity contribution in [3.05, 3.63) is 53.2 Å². The topological polar surface area (TPSA) is 64.8 Å². The number of aryl methyl sites for hydroxylation is 2. The highest BCUT2D eigenvalue weighted by atomic mass is 16.6. The molecule has 0 saturated carbocycles. The van der Waals surface area contributed by atoms with Gasteiger partial charge in [0, 0.05) is 19.2 Å². The number of pyridine rings is 1. The van der Waals surface area contributed by atoms with Crippen molar-refractivity contribution < 1.29 is 18.7 Å². The lowest BCUT2D eigenvalue weighted by Crippen LogP contribution is -2.36. The molecule has 6 nitrogen and oxygen atoms in total. The van der Waals surface area contributed by atoms with Crippen molar-refractivity contribution in [3.8, 4) is 0 Å². The number of nitrogens with zero attached hydrogens (tertiary/aromatic N) is 2. The van der Waals surface area contributed by atoms with Gasteiger partial charge in [-0.05, 0) is 38.5 Å². The number of aromatic nitrogens is 1. The quantitative estimate of drug-likeness (QED) is 0.843. The van der Waals surface area contributed by atoms with E-state index in [9.17, 15) is 4.79 Å². The average molecular weight is 356 g/mol. The molecule has 2 fully saturated rings. The van der Waals surface area contributed by atoms with Crippen molar-refractivity contribution in [1.29, 1.82) is 0 Å². The molecule has 26 heavy (non-hydrogen) atoms. The third kappa shape index (κ3) is 3.39. The van der Waals surface area contributed by atoms with Crippen molar-refractivity contribution in [2.45, 2.75) is 45.0 Å². The fraction of sp³-hybridized carbons (Fsp3) is 0.500. The van der Waals surface area contributed by atoms with Crippen LogP contribution in [0.4, 0.5) is 0 Å². The second kappa shape index (κ2) is 6.85. The zero-order chi connectivity index (χ0) is 18.1. The van der Waals surface area contributed by atoms with Gasteiger partial charge in [-0.15, -0.1) is 0 Å². The number of hydrogen-bond acceptors (Lipinski definition) is 5. The molecule has 1 amide bonds. The van der Waals surface area contributed by atoms with Crippen LogP contribution in [-0.4, -0.2) is 47.2 Å². The summed E-state index contributed by atoms with van der Waals surface area (Å²) in [6.07, 6.45) is 3.47. The number of hydrogen-bond donors (Lipinski definition) is 0. The van der Waals surface area contributed by atoms with Gasteiger partial charge in [0.05, 0.1) is 42.7 Å². The zero-order valence-electron chi connectivity index (χ0n) is 15.2. The first kappa shape index (κ1) is 17.2. The monoisotopic (exact) mass is 356 g/mol. The summed E-state index contributed by atoms with van der Waals surface area (Å²) in [6, 6.07) is 7.62. The summed E-state index contributed by atoms with van der Waals surface area (Å²) in [7, 11) is 0. The maximum atomic E-state index is 12.8. The van der Waals surface area contributed by atoms with Crippen LogP contribution in [0, 0.1) is 13.8 Å². The summed E-state index contributed by atoms with van der Waals surface area (Å²) >= 11 is 0. The molecule has 0 aliphatic carbocycles. The molecule has 2 atom stereocenters. The molecule has 2 aromatic rings. The van der Waals surface area contributed by atoms with Gasteiger partial charge in [-0.2, -0.15) is 0 Å². The second-order valence-corrected chi connectivity index (χ2v) is 7.26. The number of furan rings is 1. The van der Waals surface area contributed by atoms with E-state index in [1.165, 1.54) is 0 Å². The van der Waals surface area contributed by atoms with Crippen LogP contribution in [0.25, 0.3) is 0 Å². The Morgan fingerprint density at radius 3 is 3.04 bits per heavy atom. The van der Waals surface area contributed by atoms with Crippen LogP contribution < -0.4 is 0 Å². The Morgan fingerprint density at radius 1 is 1.42 bits per heavy atom. The minimum Gasteiger partial charge on any atom is -0.466 e. The van der Waals surface area contributed by atoms with E-state index in [0.29, 0.717) is 37.6 Å². The van der Waals surface area contributed by atoms with E-state index in [1.807, 2.05) is 43.0 Å². The van der Waals surface area contributed by atoms with Gasteiger partial charge in [-0.3, -0.25) is 9.78 Å². The standard InChI is InChI=1S/C20H24N2O4/c1-14-9-18(15(2)26-14)19(23)22-8-6-20(13-22)10-17(12-25-20)24-11-16-5-3-4-7-21-16/h3-5,7,9,17H,6,8,10-13H2,1-2H3/t17-,20+/m1/s1. The average Bonchev–Trinajstić information content (AvgIpc) is 3.33. The van der Waals surface area contributed by atoms with E-state index >= 15 is 0 Å². The zero-order valence-corrected chi connectivity index (χ0v) is 15.2. The minimum absolute atomic E-state index is 0.0256. The van der Waals surface area contributed by atoms with Crippen LogP contribution in [0.1, 0.15) is 40.4 Å². The van der Waals surface area contributed by atoms with Gasteiger partial charge in [0.25, 0.3) is 5.91 Å². The van der Waals surface area contributed by atoms with Gasteiger partial charge >= 0.3 is 0 Å². The summed E-state index contributed by atoms with van der Waals surface area (Å²) in [5.41, 5.74) is 1.29. The van der Waals surface area contributed by atoms with Crippen LogP contribution in [-0.2, 0) is 16.1 Å². The normalized spacial score (nSPS) is 25.3. The van der Waals surface area contributed by atoms with E-state index < -0.39 is 0 Å². The Labute approximate surface area is 153 Å². The predicted molar refractivity (Wildman–Crippen MR) is 94.8 cm³/mol. The second-order valence-electron chi connectivity index (χ2n) is 7.26. The van der Waals surface area contributed by atoms with E-state index in [0.717, 1.165) is 24.3 Å². The molecule has 2 aliphatic heterocycles. The molecule has 0 radical (unpaired) electrons. The molecular weight excluding hydrogens is 332 g/mol. The van der Waals surface area contributed by atoms with Gasteiger partial charge in [0.1, 0.15) is 11.5 Å². The van der Waals surface area contributed by atoms with Crippen molar-refractivity contribution >= 4 is 5.91 Å². The van der Waals surface area contributed by atoms with E-state index in [2.05, 4.69) is 4.98 Å². The third-order valence-corrected chi connectivity index (χ3v) is 5.24. The SMILES string of the molecule is Cc1cc(C(=O)N2CC[C@]3(C[C@@H](OCc4ccccn4)CO3)C2)c(C)o1. The fourth-order valence-electron chi connectivity index (χ4n) is 3.91. The van der Waals surface area contributed by atoms with Crippen LogP contribution in [0.3, 0.4) is 0 Å². The Hall–Kier alpha value is -2.18. The molecule has 0 N–H and O–H groups in total. The first-order valence-corrected chi connectivity index (χ1v) is 9.06. The Kier molecular flexibility index (Phi) is 4.54. The minimum atomic E-state index is -0.281. The number of likely N-dealkylation sites (tertiary alicyclic amines) is 1. The van der Waals surface area contributed by atoms with E-state index in [4.69, 9.17) is 13.9 Å². The van der Waals surface area contributed by atoms with Gasteiger partial charge in [-0.1, -0.05) is 6.07 Å². The molecule has 2 saturated heterocycles. The number of amides is 1. The number of rotatable bonds is 4. The Balaban J connectivity index is 1.34. The highest BCUT2D eigenvalue weighted by Gasteiger charge is 2.47. The molecular formula is C20H24N2O4. The molecule has 1 spiro atoms. The number of ether oxygens (including phenoxy) is 2. The highest BCUT2D eigenvalue weighted by Crippen LogP contribution is 2.37. The van der Waals surface area contributed by atoms with Crippen molar-refractivity contribution in [3.63, 3.8) is 0 Å². The molecule has 0 bridgehead atoms. The summed E-state index contributed by atoms with van der Waals surface area (Å²) in [5.74, 6) is 1.47. The van der Waals surface area contributed by atoms with Crippen LogP contribution in [0.2, 0.25) is 0 Å². The van der Waals surface area contributed by atoms with Crippen LogP contribution >= 0.6 is 0 Å². The lowest BCUT2D eigenvalue weighted by atomic mass is 9.98. The van der Waals surface area contributed by atoms with Crippen LogP contribution in [0.5, 0.6) is 0 Å². The molecule has 138 valence electrons. The lowest BCUT2D eigenvalue weighted by Gasteiger charge is -2.23. The van der Waals surface area contributed by atoms with Gasteiger partial charge in [0.2, 0.25) is 0 Å². The molecule has 4 rings (SSSR count). The van der Waals surface area contributed by atoms with E-state index in [-0.39, 0.29) is 17.6 Å². The summed E-state index contributed by atoms with van der Waals surface area (Å²) in [6.45, 7) is 6.06. The largest absolute Gasteiger partial charge is 0.466 e. The highest BCUT2D eigenvalue weighted by molar-refractivity contribution is 5.95.